The Labute approximate surface area is 146 Å². The second-order valence-electron chi connectivity index (χ2n) is 6.62. The number of anilines is 1. The Morgan fingerprint density at radius 3 is 2.48 bits per heavy atom. The van der Waals surface area contributed by atoms with Gasteiger partial charge in [0.05, 0.1) is 9.82 Å². The van der Waals surface area contributed by atoms with E-state index in [1.807, 2.05) is 0 Å². The molecule has 10 heteroatoms. The van der Waals surface area contributed by atoms with Crippen molar-refractivity contribution >= 4 is 21.4 Å². The summed E-state index contributed by atoms with van der Waals surface area (Å²) in [4.78, 5) is 12.3. The normalized spacial score (nSPS) is 18.3. The molecule has 0 atom stereocenters. The molecule has 0 aromatic heterocycles. The third kappa shape index (κ3) is 4.86. The van der Waals surface area contributed by atoms with Crippen LogP contribution in [0.1, 0.15) is 26.7 Å². The third-order valence-electron chi connectivity index (χ3n) is 4.51. The average Bonchev–Trinajstić information content (AvgIpc) is 2.52. The van der Waals surface area contributed by atoms with E-state index in [1.54, 1.807) is 0 Å². The Kier molecular flexibility index (Phi) is 5.65. The largest absolute Gasteiger partial charge is 0.376 e. The number of piperidine rings is 1. The average molecular weight is 374 g/mol. The Hall–Kier alpha value is -1.78. The number of nitro benzene ring substituents is 1. The summed E-state index contributed by atoms with van der Waals surface area (Å²) in [6.45, 7) is 5.29. The number of benzene rings is 1. The molecule has 1 saturated heterocycles. The van der Waals surface area contributed by atoms with E-state index in [1.165, 1.54) is 6.07 Å². The monoisotopic (exact) mass is 374 g/mol. The molecule has 0 saturated carbocycles. The number of alkyl halides is 1. The molecule has 0 aliphatic carbocycles. The smallest absolute Gasteiger partial charge is 0.293 e. The Morgan fingerprint density at radius 2 is 2.00 bits per heavy atom. The third-order valence-corrected chi connectivity index (χ3v) is 5.43. The quantitative estimate of drug-likeness (QED) is 0.579. The SMILES string of the molecule is CC(C)N1CCC(F)(CNc2ccc(S(N)(=O)=O)cc2[N+](=O)[O-])CC1. The van der Waals surface area contributed by atoms with Gasteiger partial charge in [-0.15, -0.1) is 0 Å². The van der Waals surface area contributed by atoms with Crippen LogP contribution >= 0.6 is 0 Å². The summed E-state index contributed by atoms with van der Waals surface area (Å²) >= 11 is 0. The Bertz CT molecular complexity index is 746. The molecule has 25 heavy (non-hydrogen) atoms. The molecule has 0 radical (unpaired) electrons. The summed E-state index contributed by atoms with van der Waals surface area (Å²) in [5, 5.41) is 18.9. The fraction of sp³-hybridized carbons (Fsp3) is 0.600. The van der Waals surface area contributed by atoms with Gasteiger partial charge < -0.3 is 10.2 Å². The highest BCUT2D eigenvalue weighted by molar-refractivity contribution is 7.89. The van der Waals surface area contributed by atoms with Crippen molar-refractivity contribution in [3.63, 3.8) is 0 Å². The molecule has 0 unspecified atom stereocenters. The predicted molar refractivity (Wildman–Crippen MR) is 92.7 cm³/mol. The molecule has 0 amide bonds. The van der Waals surface area contributed by atoms with Crippen LogP contribution in [0.5, 0.6) is 0 Å². The van der Waals surface area contributed by atoms with E-state index >= 15 is 0 Å². The molecule has 140 valence electrons. The van der Waals surface area contributed by atoms with Gasteiger partial charge in [-0.05, 0) is 38.8 Å². The van der Waals surface area contributed by atoms with Gasteiger partial charge in [0.1, 0.15) is 11.4 Å². The van der Waals surface area contributed by atoms with Crippen molar-refractivity contribution in [1.29, 1.82) is 0 Å². The zero-order valence-corrected chi connectivity index (χ0v) is 15.1. The minimum atomic E-state index is -4.05. The van der Waals surface area contributed by atoms with Gasteiger partial charge >= 0.3 is 0 Å². The molecule has 1 aromatic carbocycles. The summed E-state index contributed by atoms with van der Waals surface area (Å²) < 4.78 is 37.6. The van der Waals surface area contributed by atoms with Crippen molar-refractivity contribution in [1.82, 2.24) is 4.90 Å². The predicted octanol–water partition coefficient (Wildman–Crippen LogP) is 1.87. The van der Waals surface area contributed by atoms with Crippen LogP contribution in [-0.4, -0.2) is 49.6 Å². The first-order chi connectivity index (χ1) is 11.5. The topological polar surface area (TPSA) is 119 Å². The van der Waals surface area contributed by atoms with Gasteiger partial charge in [0, 0.05) is 31.7 Å². The van der Waals surface area contributed by atoms with Gasteiger partial charge in [0.25, 0.3) is 5.69 Å². The maximum atomic E-state index is 14.9. The molecule has 2 rings (SSSR count). The van der Waals surface area contributed by atoms with E-state index in [0.717, 1.165) is 12.1 Å². The lowest BCUT2D eigenvalue weighted by atomic mass is 9.92. The molecule has 1 heterocycles. The van der Waals surface area contributed by atoms with E-state index in [2.05, 4.69) is 24.1 Å². The van der Waals surface area contributed by atoms with Crippen molar-refractivity contribution < 1.29 is 17.7 Å². The van der Waals surface area contributed by atoms with E-state index in [9.17, 15) is 22.9 Å². The summed E-state index contributed by atoms with van der Waals surface area (Å²) in [6, 6.07) is 3.63. The summed E-state index contributed by atoms with van der Waals surface area (Å²) in [5.74, 6) is 0. The number of halogens is 1. The molecule has 1 aromatic rings. The lowest BCUT2D eigenvalue weighted by Gasteiger charge is -2.38. The summed E-state index contributed by atoms with van der Waals surface area (Å²) in [7, 11) is -4.05. The standard InChI is InChI=1S/C15H23FN4O4S/c1-11(2)19-7-5-15(16,6-8-19)10-18-13-4-3-12(25(17,23)24)9-14(13)20(21)22/h3-4,9,11,18H,5-8,10H2,1-2H3,(H2,17,23,24). The van der Waals surface area contributed by atoms with Crippen LogP contribution in [-0.2, 0) is 10.0 Å². The van der Waals surface area contributed by atoms with Crippen LogP contribution in [0.3, 0.4) is 0 Å². The zero-order chi connectivity index (χ0) is 18.8. The van der Waals surface area contributed by atoms with Gasteiger partial charge in [-0.25, -0.2) is 17.9 Å². The summed E-state index contributed by atoms with van der Waals surface area (Å²) in [6.07, 6.45) is 0.669. The highest BCUT2D eigenvalue weighted by atomic mass is 32.2. The number of nitrogens with zero attached hydrogens (tertiary/aromatic N) is 2. The fourth-order valence-electron chi connectivity index (χ4n) is 2.86. The number of likely N-dealkylation sites (tertiary alicyclic amines) is 1. The highest BCUT2D eigenvalue weighted by Crippen LogP contribution is 2.31. The molecule has 3 N–H and O–H groups in total. The molecule has 8 nitrogen and oxygen atoms in total. The van der Waals surface area contributed by atoms with E-state index in [0.29, 0.717) is 32.0 Å². The number of primary sulfonamides is 1. The van der Waals surface area contributed by atoms with Gasteiger partial charge in [0.15, 0.2) is 0 Å². The van der Waals surface area contributed by atoms with Crippen molar-refractivity contribution in [2.24, 2.45) is 5.14 Å². The van der Waals surface area contributed by atoms with E-state index in [-0.39, 0.29) is 17.1 Å². The molecule has 1 aliphatic heterocycles. The van der Waals surface area contributed by atoms with Crippen molar-refractivity contribution in [2.75, 3.05) is 25.0 Å². The highest BCUT2D eigenvalue weighted by Gasteiger charge is 2.35. The number of sulfonamides is 1. The number of hydrogen-bond donors (Lipinski definition) is 2. The van der Waals surface area contributed by atoms with Gasteiger partial charge in [-0.3, -0.25) is 10.1 Å². The van der Waals surface area contributed by atoms with Crippen LogP contribution in [0, 0.1) is 10.1 Å². The van der Waals surface area contributed by atoms with Gasteiger partial charge in [-0.1, -0.05) is 0 Å². The van der Waals surface area contributed by atoms with Crippen LogP contribution in [0.4, 0.5) is 15.8 Å². The van der Waals surface area contributed by atoms with E-state index < -0.39 is 26.3 Å². The van der Waals surface area contributed by atoms with Crippen molar-refractivity contribution in [3.8, 4) is 0 Å². The number of nitrogens with two attached hydrogens (primary N) is 1. The van der Waals surface area contributed by atoms with Crippen LogP contribution in [0.25, 0.3) is 0 Å². The molecule has 1 fully saturated rings. The number of hydrogen-bond acceptors (Lipinski definition) is 6. The fourth-order valence-corrected chi connectivity index (χ4v) is 3.39. The first kappa shape index (κ1) is 19.5. The summed E-state index contributed by atoms with van der Waals surface area (Å²) in [5.41, 5.74) is -1.84. The maximum Gasteiger partial charge on any atom is 0.293 e. The lowest BCUT2D eigenvalue weighted by molar-refractivity contribution is -0.384. The first-order valence-electron chi connectivity index (χ1n) is 8.00. The van der Waals surface area contributed by atoms with Crippen molar-refractivity contribution in [2.45, 2.75) is 43.3 Å². The minimum absolute atomic E-state index is 0.0701. The first-order valence-corrected chi connectivity index (χ1v) is 9.54. The maximum absolute atomic E-state index is 14.9. The lowest BCUT2D eigenvalue weighted by Crippen LogP contribution is -2.47. The molecule has 1 aliphatic rings. The van der Waals surface area contributed by atoms with Gasteiger partial charge in [0.2, 0.25) is 10.0 Å². The van der Waals surface area contributed by atoms with E-state index in [4.69, 9.17) is 5.14 Å². The molecular weight excluding hydrogens is 351 g/mol. The van der Waals surface area contributed by atoms with Crippen LogP contribution < -0.4 is 10.5 Å². The number of rotatable bonds is 6. The van der Waals surface area contributed by atoms with Crippen LogP contribution in [0.2, 0.25) is 0 Å². The van der Waals surface area contributed by atoms with Gasteiger partial charge in [-0.2, -0.15) is 0 Å². The van der Waals surface area contributed by atoms with Crippen molar-refractivity contribution in [3.05, 3.63) is 28.3 Å². The number of nitrogens with one attached hydrogen (secondary N) is 1. The molecule has 0 spiro atoms. The molecule has 0 bridgehead atoms. The second-order valence-corrected chi connectivity index (χ2v) is 8.18. The van der Waals surface area contributed by atoms with Crippen LogP contribution in [0.15, 0.2) is 23.1 Å². The zero-order valence-electron chi connectivity index (χ0n) is 14.2. The Balaban J connectivity index is 2.11. The number of nitro groups is 1. The second kappa shape index (κ2) is 7.22. The minimum Gasteiger partial charge on any atom is -0.376 e. The Morgan fingerprint density at radius 1 is 1.40 bits per heavy atom. The molecular formula is C15H23FN4O4S.